The van der Waals surface area contributed by atoms with Crippen molar-refractivity contribution in [1.82, 2.24) is 9.80 Å². The Bertz CT molecular complexity index is 279. The van der Waals surface area contributed by atoms with E-state index < -0.39 is 0 Å². The molecule has 0 saturated carbocycles. The van der Waals surface area contributed by atoms with E-state index in [1.54, 1.807) is 0 Å². The van der Waals surface area contributed by atoms with Gasteiger partial charge in [0.25, 0.3) is 0 Å². The molecule has 0 bridgehead atoms. The molecule has 4 nitrogen and oxygen atoms in total. The molecular weight excluding hydrogens is 226 g/mol. The Labute approximate surface area is 110 Å². The largest absolute Gasteiger partial charge is 0.341 e. The smallest absolute Gasteiger partial charge is 0.239 e. The van der Waals surface area contributed by atoms with Crippen LogP contribution in [0.2, 0.25) is 0 Å². The van der Waals surface area contributed by atoms with Gasteiger partial charge in [0, 0.05) is 32.2 Å². The van der Waals surface area contributed by atoms with Crippen LogP contribution < -0.4 is 5.73 Å². The van der Waals surface area contributed by atoms with Gasteiger partial charge in [0.1, 0.15) is 0 Å². The van der Waals surface area contributed by atoms with Crippen LogP contribution in [-0.2, 0) is 4.79 Å². The summed E-state index contributed by atoms with van der Waals surface area (Å²) in [6, 6.07) is 0.224. The summed E-state index contributed by atoms with van der Waals surface area (Å²) in [4.78, 5) is 16.8. The van der Waals surface area contributed by atoms with E-state index in [-0.39, 0.29) is 12.1 Å². The third-order valence-electron chi connectivity index (χ3n) is 4.29. The molecule has 3 unspecified atom stereocenters. The lowest BCUT2D eigenvalue weighted by molar-refractivity contribution is -0.138. The minimum atomic E-state index is -0.00287. The van der Waals surface area contributed by atoms with E-state index in [9.17, 15) is 4.79 Å². The zero-order chi connectivity index (χ0) is 13.1. The minimum absolute atomic E-state index is 0.00287. The van der Waals surface area contributed by atoms with Crippen LogP contribution in [0.1, 0.15) is 39.5 Å². The number of nitrogens with zero attached hydrogens (tertiary/aromatic N) is 2. The van der Waals surface area contributed by atoms with Gasteiger partial charge < -0.3 is 10.6 Å². The Balaban J connectivity index is 1.92. The highest BCUT2D eigenvalue weighted by molar-refractivity contribution is 5.81. The lowest BCUT2D eigenvalue weighted by Crippen LogP contribution is -2.55. The Morgan fingerprint density at radius 1 is 1.22 bits per heavy atom. The average molecular weight is 253 g/mol. The number of carbonyl (C=O) groups excluding carboxylic acids is 1. The molecule has 0 spiro atoms. The highest BCUT2D eigenvalue weighted by Gasteiger charge is 2.31. The maximum absolute atomic E-state index is 12.5. The molecule has 4 heteroatoms. The van der Waals surface area contributed by atoms with Gasteiger partial charge in [-0.2, -0.15) is 0 Å². The molecular formula is C14H27N3O. The standard InChI is InChI=1S/C14H27N3O/c1-11-8-13(15)10-17(9-11)12(2)14(18)16-6-4-3-5-7-16/h11-13H,3-10,15H2,1-2H3. The third-order valence-corrected chi connectivity index (χ3v) is 4.29. The molecule has 104 valence electrons. The van der Waals surface area contributed by atoms with Gasteiger partial charge in [0.15, 0.2) is 0 Å². The van der Waals surface area contributed by atoms with Gasteiger partial charge in [-0.25, -0.2) is 0 Å². The van der Waals surface area contributed by atoms with E-state index in [0.717, 1.165) is 45.4 Å². The van der Waals surface area contributed by atoms with E-state index in [1.807, 2.05) is 11.8 Å². The molecule has 18 heavy (non-hydrogen) atoms. The second-order valence-corrected chi connectivity index (χ2v) is 6.12. The Morgan fingerprint density at radius 2 is 1.89 bits per heavy atom. The second kappa shape index (κ2) is 6.02. The fraction of sp³-hybridized carbons (Fsp3) is 0.929. The van der Waals surface area contributed by atoms with E-state index >= 15 is 0 Å². The zero-order valence-electron chi connectivity index (χ0n) is 11.8. The Kier molecular flexibility index (Phi) is 4.62. The Morgan fingerprint density at radius 3 is 2.50 bits per heavy atom. The van der Waals surface area contributed by atoms with Crippen molar-refractivity contribution in [2.45, 2.75) is 51.6 Å². The molecule has 2 rings (SSSR count). The summed E-state index contributed by atoms with van der Waals surface area (Å²) < 4.78 is 0. The lowest BCUT2D eigenvalue weighted by Gasteiger charge is -2.40. The monoisotopic (exact) mass is 253 g/mol. The van der Waals surface area contributed by atoms with Crippen molar-refractivity contribution in [3.8, 4) is 0 Å². The van der Waals surface area contributed by atoms with Gasteiger partial charge in [0.2, 0.25) is 5.91 Å². The lowest BCUT2D eigenvalue weighted by atomic mass is 9.95. The number of amides is 1. The van der Waals surface area contributed by atoms with Crippen LogP contribution in [0.3, 0.4) is 0 Å². The number of carbonyl (C=O) groups is 1. The van der Waals surface area contributed by atoms with E-state index in [0.29, 0.717) is 11.8 Å². The number of piperidine rings is 2. The number of hydrogen-bond acceptors (Lipinski definition) is 3. The number of rotatable bonds is 2. The Hall–Kier alpha value is -0.610. The third kappa shape index (κ3) is 3.23. The van der Waals surface area contributed by atoms with Crippen LogP contribution in [0.4, 0.5) is 0 Å². The quantitative estimate of drug-likeness (QED) is 0.800. The van der Waals surface area contributed by atoms with E-state index in [2.05, 4.69) is 11.8 Å². The fourth-order valence-electron chi connectivity index (χ4n) is 3.29. The first-order chi connectivity index (χ1) is 8.58. The fourth-order valence-corrected chi connectivity index (χ4v) is 3.29. The van der Waals surface area contributed by atoms with Gasteiger partial charge in [-0.15, -0.1) is 0 Å². The highest BCUT2D eigenvalue weighted by Crippen LogP contribution is 2.19. The molecule has 2 aliphatic rings. The molecule has 3 atom stereocenters. The van der Waals surface area contributed by atoms with Crippen LogP contribution in [0.15, 0.2) is 0 Å². The summed E-state index contributed by atoms with van der Waals surface area (Å²) in [6.07, 6.45) is 4.67. The van der Waals surface area contributed by atoms with E-state index in [1.165, 1.54) is 6.42 Å². The van der Waals surface area contributed by atoms with E-state index in [4.69, 9.17) is 5.73 Å². The van der Waals surface area contributed by atoms with Gasteiger partial charge >= 0.3 is 0 Å². The summed E-state index contributed by atoms with van der Waals surface area (Å²) in [5.74, 6) is 0.904. The summed E-state index contributed by atoms with van der Waals surface area (Å²) in [6.45, 7) is 8.03. The van der Waals surface area contributed by atoms with Gasteiger partial charge in [0.05, 0.1) is 6.04 Å². The van der Waals surface area contributed by atoms with Crippen molar-refractivity contribution in [2.24, 2.45) is 11.7 Å². The van der Waals surface area contributed by atoms with Crippen LogP contribution >= 0.6 is 0 Å². The first-order valence-corrected chi connectivity index (χ1v) is 7.36. The normalized spacial score (nSPS) is 32.3. The van der Waals surface area contributed by atoms with Gasteiger partial charge in [-0.3, -0.25) is 9.69 Å². The molecule has 2 fully saturated rings. The van der Waals surface area contributed by atoms with Crippen LogP contribution in [-0.4, -0.2) is 54.0 Å². The van der Waals surface area contributed by atoms with Crippen LogP contribution in [0.5, 0.6) is 0 Å². The summed E-state index contributed by atoms with van der Waals surface area (Å²) >= 11 is 0. The van der Waals surface area contributed by atoms with Crippen LogP contribution in [0.25, 0.3) is 0 Å². The van der Waals surface area contributed by atoms with Crippen molar-refractivity contribution in [2.75, 3.05) is 26.2 Å². The maximum Gasteiger partial charge on any atom is 0.239 e. The van der Waals surface area contributed by atoms with Crippen molar-refractivity contribution < 1.29 is 4.79 Å². The summed E-state index contributed by atoms with van der Waals surface area (Å²) in [5.41, 5.74) is 6.07. The van der Waals surface area contributed by atoms with Crippen LogP contribution in [0, 0.1) is 5.92 Å². The number of likely N-dealkylation sites (tertiary alicyclic amines) is 2. The number of nitrogens with two attached hydrogens (primary N) is 1. The SMILES string of the molecule is CC1CC(N)CN(C(C)C(=O)N2CCCCC2)C1. The van der Waals surface area contributed by atoms with Crippen molar-refractivity contribution in [1.29, 1.82) is 0 Å². The minimum Gasteiger partial charge on any atom is -0.341 e. The number of hydrogen-bond donors (Lipinski definition) is 1. The van der Waals surface area contributed by atoms with Gasteiger partial charge in [-0.05, 0) is 38.5 Å². The molecule has 2 heterocycles. The maximum atomic E-state index is 12.5. The topological polar surface area (TPSA) is 49.6 Å². The summed E-state index contributed by atoms with van der Waals surface area (Å²) in [7, 11) is 0. The summed E-state index contributed by atoms with van der Waals surface area (Å²) in [5, 5.41) is 0. The molecule has 2 aliphatic heterocycles. The average Bonchev–Trinajstić information content (AvgIpc) is 2.37. The molecule has 0 aliphatic carbocycles. The molecule has 0 radical (unpaired) electrons. The van der Waals surface area contributed by atoms with Gasteiger partial charge in [-0.1, -0.05) is 6.92 Å². The molecule has 0 aromatic carbocycles. The molecule has 1 amide bonds. The first-order valence-electron chi connectivity index (χ1n) is 7.36. The predicted octanol–water partition coefficient (Wildman–Crippen LogP) is 1.06. The molecule has 2 saturated heterocycles. The molecule has 0 aromatic heterocycles. The highest BCUT2D eigenvalue weighted by atomic mass is 16.2. The molecule has 2 N–H and O–H groups in total. The second-order valence-electron chi connectivity index (χ2n) is 6.12. The zero-order valence-corrected chi connectivity index (χ0v) is 11.8. The predicted molar refractivity (Wildman–Crippen MR) is 73.2 cm³/mol. The van der Waals surface area contributed by atoms with Crippen molar-refractivity contribution in [3.05, 3.63) is 0 Å². The molecule has 0 aromatic rings. The van der Waals surface area contributed by atoms with Crippen molar-refractivity contribution >= 4 is 5.91 Å². The first kappa shape index (κ1) is 13.8. The van der Waals surface area contributed by atoms with Crippen molar-refractivity contribution in [3.63, 3.8) is 0 Å².